The number of hydrogen-bond donors (Lipinski definition) is 1. The third-order valence-corrected chi connectivity index (χ3v) is 6.28. The number of nitrogens with zero attached hydrogens (tertiary/aromatic N) is 3. The summed E-state index contributed by atoms with van der Waals surface area (Å²) in [4.78, 5) is 11.5. The average Bonchev–Trinajstić information content (AvgIpc) is 3.39. The van der Waals surface area contributed by atoms with Crippen LogP contribution in [0.25, 0.3) is 0 Å². The lowest BCUT2D eigenvalue weighted by Crippen LogP contribution is -2.49. The van der Waals surface area contributed by atoms with Crippen LogP contribution in [0.1, 0.15) is 40.9 Å². The minimum Gasteiger partial charge on any atom is -0.493 e. The van der Waals surface area contributed by atoms with Crippen molar-refractivity contribution in [1.29, 1.82) is 5.26 Å². The van der Waals surface area contributed by atoms with E-state index in [0.29, 0.717) is 43.5 Å². The minimum absolute atomic E-state index is 0.0576. The minimum atomic E-state index is -0.571. The van der Waals surface area contributed by atoms with Gasteiger partial charge in [0.05, 0.1) is 31.4 Å². The molecule has 2 aromatic rings. The van der Waals surface area contributed by atoms with E-state index in [4.69, 9.17) is 19.9 Å². The van der Waals surface area contributed by atoms with Crippen molar-refractivity contribution in [3.8, 4) is 17.7 Å². The molecule has 0 bridgehead atoms. The van der Waals surface area contributed by atoms with Crippen LogP contribution in [0.3, 0.4) is 0 Å². The van der Waals surface area contributed by atoms with Crippen LogP contribution in [0.4, 0.5) is 0 Å². The maximum absolute atomic E-state index is 11.5. The summed E-state index contributed by atoms with van der Waals surface area (Å²) in [6, 6.07) is 9.30. The Bertz CT molecular complexity index is 997. The van der Waals surface area contributed by atoms with Gasteiger partial charge in [-0.25, -0.2) is 4.68 Å². The first-order chi connectivity index (χ1) is 14.6. The number of nitrogens with two attached hydrogens (primary N) is 1. The van der Waals surface area contributed by atoms with Gasteiger partial charge >= 0.3 is 0 Å². The van der Waals surface area contributed by atoms with Crippen molar-refractivity contribution in [3.05, 3.63) is 41.1 Å². The number of carbonyl (C=O) groups excluding carboxylic acids is 1. The normalized spacial score (nSPS) is 24.3. The topological polar surface area (TPSA) is 112 Å². The molecule has 5 rings (SSSR count). The zero-order valence-electron chi connectivity index (χ0n) is 16.7. The van der Waals surface area contributed by atoms with E-state index in [0.717, 1.165) is 24.3 Å². The Morgan fingerprint density at radius 3 is 3.00 bits per heavy atom. The number of hydrogen-bond acceptors (Lipinski definition) is 6. The second-order valence-corrected chi connectivity index (χ2v) is 8.47. The number of primary amides is 1. The van der Waals surface area contributed by atoms with E-state index in [-0.39, 0.29) is 11.6 Å². The molecular formula is C22H24N4O4. The molecule has 1 fully saturated rings. The number of rotatable bonds is 7. The average molecular weight is 408 g/mol. The maximum atomic E-state index is 11.5. The standard InChI is InChI=1S/C22H24N4O4/c23-10-15-3-4-19-16(7-15)8-17(12-29-19)22(5-6-28-11-14-1-2-14)13-26-20(30-22)9-18(25-26)21(24)27/h3-4,7,9,14,17H,1-2,5-6,8,11-13H2,(H2,24,27)/t17-,22?/m1/s1. The second kappa shape index (κ2) is 7.33. The third-order valence-electron chi connectivity index (χ3n) is 6.28. The molecule has 1 aromatic heterocycles. The van der Waals surface area contributed by atoms with Gasteiger partial charge < -0.3 is 19.9 Å². The number of amides is 1. The molecule has 1 aromatic carbocycles. The molecule has 2 N–H and O–H groups in total. The zero-order chi connectivity index (χ0) is 20.7. The van der Waals surface area contributed by atoms with E-state index >= 15 is 0 Å². The zero-order valence-corrected chi connectivity index (χ0v) is 16.7. The first kappa shape index (κ1) is 18.9. The highest BCUT2D eigenvalue weighted by Crippen LogP contribution is 2.42. The van der Waals surface area contributed by atoms with Gasteiger partial charge in [0.2, 0.25) is 5.88 Å². The van der Waals surface area contributed by atoms with Crippen LogP contribution in [0, 0.1) is 23.2 Å². The highest BCUT2D eigenvalue weighted by atomic mass is 16.5. The summed E-state index contributed by atoms with van der Waals surface area (Å²) in [5.74, 6) is 1.55. The van der Waals surface area contributed by atoms with Crippen molar-refractivity contribution >= 4 is 5.91 Å². The summed E-state index contributed by atoms with van der Waals surface area (Å²) >= 11 is 0. The van der Waals surface area contributed by atoms with Gasteiger partial charge in [-0.15, -0.1) is 0 Å². The Hall–Kier alpha value is -3.05. The van der Waals surface area contributed by atoms with Crippen LogP contribution in [0.2, 0.25) is 0 Å². The molecule has 2 atom stereocenters. The predicted octanol–water partition coefficient (Wildman–Crippen LogP) is 2.05. The molecule has 8 nitrogen and oxygen atoms in total. The summed E-state index contributed by atoms with van der Waals surface area (Å²) in [6.45, 7) is 2.40. The summed E-state index contributed by atoms with van der Waals surface area (Å²) < 4.78 is 20.1. The Labute approximate surface area is 174 Å². The maximum Gasteiger partial charge on any atom is 0.269 e. The number of ether oxygens (including phenoxy) is 3. The van der Waals surface area contributed by atoms with Gasteiger partial charge in [-0.3, -0.25) is 4.79 Å². The van der Waals surface area contributed by atoms with Crippen molar-refractivity contribution in [2.24, 2.45) is 17.6 Å². The molecule has 1 aliphatic carbocycles. The number of fused-ring (bicyclic) bond motifs is 2. The SMILES string of the molecule is N#Cc1ccc2c(c1)C[C@@H](C1(CCOCC3CC3)Cn3nc(C(N)=O)cc3O1)CO2. The summed E-state index contributed by atoms with van der Waals surface area (Å²) in [5, 5.41) is 13.6. The lowest BCUT2D eigenvalue weighted by Gasteiger charge is -2.38. The highest BCUT2D eigenvalue weighted by molar-refractivity contribution is 5.91. The van der Waals surface area contributed by atoms with Crippen molar-refractivity contribution in [2.45, 2.75) is 37.8 Å². The molecule has 156 valence electrons. The quantitative estimate of drug-likeness (QED) is 0.702. The summed E-state index contributed by atoms with van der Waals surface area (Å²) in [6.07, 6.45) is 3.93. The van der Waals surface area contributed by atoms with E-state index < -0.39 is 11.5 Å². The number of benzene rings is 1. The van der Waals surface area contributed by atoms with Crippen molar-refractivity contribution < 1.29 is 19.0 Å². The monoisotopic (exact) mass is 408 g/mol. The molecule has 8 heteroatoms. The highest BCUT2D eigenvalue weighted by Gasteiger charge is 2.48. The predicted molar refractivity (Wildman–Crippen MR) is 106 cm³/mol. The van der Waals surface area contributed by atoms with E-state index in [2.05, 4.69) is 11.2 Å². The molecule has 1 saturated carbocycles. The van der Waals surface area contributed by atoms with Gasteiger partial charge in [0.1, 0.15) is 11.4 Å². The van der Waals surface area contributed by atoms with Crippen LogP contribution >= 0.6 is 0 Å². The van der Waals surface area contributed by atoms with E-state index in [1.165, 1.54) is 12.8 Å². The smallest absolute Gasteiger partial charge is 0.269 e. The van der Waals surface area contributed by atoms with Gasteiger partial charge in [0.15, 0.2) is 5.69 Å². The van der Waals surface area contributed by atoms with Crippen LogP contribution in [-0.2, 0) is 17.7 Å². The largest absolute Gasteiger partial charge is 0.493 e. The molecule has 0 saturated heterocycles. The molecule has 3 aliphatic rings. The molecular weight excluding hydrogens is 384 g/mol. The van der Waals surface area contributed by atoms with E-state index in [1.54, 1.807) is 16.8 Å². The Morgan fingerprint density at radius 2 is 2.27 bits per heavy atom. The molecule has 0 spiro atoms. The molecule has 0 radical (unpaired) electrons. The Balaban J connectivity index is 1.37. The number of carbonyl (C=O) groups is 1. The second-order valence-electron chi connectivity index (χ2n) is 8.47. The van der Waals surface area contributed by atoms with Gasteiger partial charge in [-0.2, -0.15) is 10.4 Å². The summed E-state index contributed by atoms with van der Waals surface area (Å²) in [5.41, 5.74) is 6.64. The number of aromatic nitrogens is 2. The van der Waals surface area contributed by atoms with Crippen molar-refractivity contribution in [1.82, 2.24) is 9.78 Å². The van der Waals surface area contributed by atoms with E-state index in [9.17, 15) is 10.1 Å². The van der Waals surface area contributed by atoms with Crippen LogP contribution in [0.5, 0.6) is 11.6 Å². The molecule has 1 unspecified atom stereocenters. The Kier molecular flexibility index (Phi) is 4.63. The fourth-order valence-electron chi connectivity index (χ4n) is 4.34. The third kappa shape index (κ3) is 3.50. The Morgan fingerprint density at radius 1 is 1.40 bits per heavy atom. The molecule has 3 heterocycles. The van der Waals surface area contributed by atoms with Crippen molar-refractivity contribution in [3.63, 3.8) is 0 Å². The summed E-state index contributed by atoms with van der Waals surface area (Å²) in [7, 11) is 0. The molecule has 1 amide bonds. The van der Waals surface area contributed by atoms with Gasteiger partial charge in [-0.05, 0) is 48.9 Å². The molecule has 2 aliphatic heterocycles. The van der Waals surface area contributed by atoms with Crippen LogP contribution in [-0.4, -0.2) is 41.1 Å². The fraction of sp³-hybridized carbons (Fsp3) is 0.500. The molecule has 30 heavy (non-hydrogen) atoms. The lowest BCUT2D eigenvalue weighted by molar-refractivity contribution is -0.0323. The fourth-order valence-corrected chi connectivity index (χ4v) is 4.34. The first-order valence-corrected chi connectivity index (χ1v) is 10.4. The van der Waals surface area contributed by atoms with Crippen molar-refractivity contribution in [2.75, 3.05) is 19.8 Å². The van der Waals surface area contributed by atoms with Crippen LogP contribution < -0.4 is 15.2 Å². The lowest BCUT2D eigenvalue weighted by atomic mass is 9.79. The van der Waals surface area contributed by atoms with E-state index in [1.807, 2.05) is 12.1 Å². The number of nitriles is 1. The van der Waals surface area contributed by atoms with Gasteiger partial charge in [0, 0.05) is 25.0 Å². The van der Waals surface area contributed by atoms with Crippen LogP contribution in [0.15, 0.2) is 24.3 Å². The van der Waals surface area contributed by atoms with Gasteiger partial charge in [0.25, 0.3) is 5.91 Å². The first-order valence-electron chi connectivity index (χ1n) is 10.4. The van der Waals surface area contributed by atoms with Gasteiger partial charge in [-0.1, -0.05) is 0 Å².